The highest BCUT2D eigenvalue weighted by Gasteiger charge is 2.47. The summed E-state index contributed by atoms with van der Waals surface area (Å²) in [6.07, 6.45) is 20.6. The average molecular weight is 518 g/mol. The quantitative estimate of drug-likeness (QED) is 0.0977. The van der Waals surface area contributed by atoms with Gasteiger partial charge >= 0.3 is 5.97 Å². The molecule has 0 radical (unpaired) electrons. The summed E-state index contributed by atoms with van der Waals surface area (Å²) in [5.41, 5.74) is 0. The topological polar surface area (TPSA) is 49.8 Å². The largest absolute Gasteiger partial charge is 0.465 e. The monoisotopic (exact) mass is 517 g/mol. The first-order chi connectivity index (χ1) is 17.4. The van der Waals surface area contributed by atoms with Crippen LogP contribution in [-0.4, -0.2) is 54.2 Å². The van der Waals surface area contributed by atoms with Crippen molar-refractivity contribution >= 4 is 5.97 Å². The van der Waals surface area contributed by atoms with Gasteiger partial charge < -0.3 is 9.84 Å². The van der Waals surface area contributed by atoms with E-state index in [4.69, 9.17) is 4.74 Å². The predicted octanol–water partition coefficient (Wildman–Crippen LogP) is 8.30. The van der Waals surface area contributed by atoms with Gasteiger partial charge in [0, 0.05) is 31.8 Å². The lowest BCUT2D eigenvalue weighted by molar-refractivity contribution is -0.145. The molecule has 0 aromatic carbocycles. The molecule has 0 bridgehead atoms. The molecule has 0 amide bonds. The Morgan fingerprint density at radius 3 is 1.89 bits per heavy atom. The van der Waals surface area contributed by atoms with E-state index in [-0.39, 0.29) is 31.5 Å². The number of aliphatic hydroxyl groups is 1. The van der Waals surface area contributed by atoms with Crippen molar-refractivity contribution in [3.05, 3.63) is 0 Å². The summed E-state index contributed by atoms with van der Waals surface area (Å²) in [4.78, 5) is 14.3. The van der Waals surface area contributed by atoms with Crippen molar-refractivity contribution in [3.8, 4) is 0 Å². The molecular formula is C30H57F2NO3. The van der Waals surface area contributed by atoms with Crippen LogP contribution >= 0.6 is 0 Å². The van der Waals surface area contributed by atoms with Crippen LogP contribution in [-0.2, 0) is 9.53 Å². The molecule has 214 valence electrons. The van der Waals surface area contributed by atoms with Crippen LogP contribution in [0.4, 0.5) is 8.78 Å². The van der Waals surface area contributed by atoms with E-state index in [1.54, 1.807) is 0 Å². The van der Waals surface area contributed by atoms with E-state index in [9.17, 15) is 18.7 Å². The average Bonchev–Trinajstić information content (AvgIpc) is 2.83. The van der Waals surface area contributed by atoms with Gasteiger partial charge in [0.05, 0.1) is 13.2 Å². The second-order valence-electron chi connectivity index (χ2n) is 11.2. The lowest BCUT2D eigenvalue weighted by Gasteiger charge is -2.42. The minimum Gasteiger partial charge on any atom is -0.465 e. The summed E-state index contributed by atoms with van der Waals surface area (Å²) in [6, 6.07) is -0.118. The molecule has 1 fully saturated rings. The van der Waals surface area contributed by atoms with E-state index in [1.165, 1.54) is 77.0 Å². The maximum Gasteiger partial charge on any atom is 0.305 e. The van der Waals surface area contributed by atoms with Gasteiger partial charge in [-0.25, -0.2) is 8.78 Å². The first kappa shape index (κ1) is 33.3. The summed E-state index contributed by atoms with van der Waals surface area (Å²) in [7, 11) is 0. The van der Waals surface area contributed by atoms with Crippen molar-refractivity contribution in [2.24, 2.45) is 5.92 Å². The van der Waals surface area contributed by atoms with Crippen LogP contribution in [0.3, 0.4) is 0 Å². The summed E-state index contributed by atoms with van der Waals surface area (Å²) in [5.74, 6) is -2.15. The van der Waals surface area contributed by atoms with E-state index in [2.05, 4.69) is 13.8 Å². The van der Waals surface area contributed by atoms with Crippen LogP contribution in [0, 0.1) is 5.92 Å². The number of esters is 1. The minimum atomic E-state index is -2.54. The molecule has 0 aromatic rings. The third kappa shape index (κ3) is 16.9. The Morgan fingerprint density at radius 2 is 1.36 bits per heavy atom. The SMILES string of the molecule is CCCCCCCCC(CCCCCCCC)COC(=O)CCCCCN(CCO)C1CC(F)(F)C1. The molecule has 1 N–H and O–H groups in total. The number of aliphatic hydroxyl groups excluding tert-OH is 1. The fourth-order valence-electron chi connectivity index (χ4n) is 5.27. The number of ether oxygens (including phenoxy) is 1. The van der Waals surface area contributed by atoms with E-state index in [1.807, 2.05) is 4.90 Å². The van der Waals surface area contributed by atoms with Crippen molar-refractivity contribution in [2.75, 3.05) is 26.3 Å². The van der Waals surface area contributed by atoms with Crippen molar-refractivity contribution in [3.63, 3.8) is 0 Å². The van der Waals surface area contributed by atoms with Gasteiger partial charge in [-0.1, -0.05) is 97.3 Å². The first-order valence-electron chi connectivity index (χ1n) is 15.3. The first-order valence-corrected chi connectivity index (χ1v) is 15.3. The third-order valence-corrected chi connectivity index (χ3v) is 7.71. The summed E-state index contributed by atoms with van der Waals surface area (Å²) in [5, 5.41) is 9.23. The van der Waals surface area contributed by atoms with Gasteiger partial charge in [0.25, 0.3) is 5.92 Å². The Hall–Kier alpha value is -0.750. The standard InChI is InChI=1S/C30H57F2NO3/c1-3-5-7-9-11-14-18-27(19-15-12-10-8-6-4-2)26-36-29(35)20-16-13-17-21-33(22-23-34)28-24-30(31,32)25-28/h27-28,34H,3-26H2,1-2H3. The van der Waals surface area contributed by atoms with Crippen LogP contribution < -0.4 is 0 Å². The number of rotatable bonds is 25. The highest BCUT2D eigenvalue weighted by atomic mass is 19.3. The normalized spacial score (nSPS) is 15.5. The Bertz CT molecular complexity index is 508. The van der Waals surface area contributed by atoms with Gasteiger partial charge in [-0.05, 0) is 38.1 Å². The lowest BCUT2D eigenvalue weighted by atomic mass is 9.86. The molecule has 4 nitrogen and oxygen atoms in total. The molecular weight excluding hydrogens is 460 g/mol. The molecule has 36 heavy (non-hydrogen) atoms. The highest BCUT2D eigenvalue weighted by molar-refractivity contribution is 5.69. The molecule has 0 spiro atoms. The van der Waals surface area contributed by atoms with Gasteiger partial charge in [0.1, 0.15) is 0 Å². The van der Waals surface area contributed by atoms with Gasteiger partial charge in [-0.2, -0.15) is 0 Å². The minimum absolute atomic E-state index is 0.00690. The van der Waals surface area contributed by atoms with Crippen molar-refractivity contribution in [1.29, 1.82) is 0 Å². The van der Waals surface area contributed by atoms with Gasteiger partial charge in [-0.15, -0.1) is 0 Å². The zero-order valence-corrected chi connectivity index (χ0v) is 23.6. The van der Waals surface area contributed by atoms with Gasteiger partial charge in [0.2, 0.25) is 0 Å². The highest BCUT2D eigenvalue weighted by Crippen LogP contribution is 2.40. The molecule has 0 atom stereocenters. The smallest absolute Gasteiger partial charge is 0.305 e. The number of hydrogen-bond acceptors (Lipinski definition) is 4. The third-order valence-electron chi connectivity index (χ3n) is 7.71. The van der Waals surface area contributed by atoms with E-state index >= 15 is 0 Å². The number of nitrogens with zero attached hydrogens (tertiary/aromatic N) is 1. The van der Waals surface area contributed by atoms with Crippen molar-refractivity contribution in [1.82, 2.24) is 4.90 Å². The van der Waals surface area contributed by atoms with Crippen LogP contribution in [0.5, 0.6) is 0 Å². The van der Waals surface area contributed by atoms with Crippen molar-refractivity contribution < 1.29 is 23.4 Å². The summed E-state index contributed by atoms with van der Waals surface area (Å²) < 4.78 is 32.0. The molecule has 1 rings (SSSR count). The fraction of sp³-hybridized carbons (Fsp3) is 0.967. The zero-order chi connectivity index (χ0) is 26.5. The fourth-order valence-corrected chi connectivity index (χ4v) is 5.27. The predicted molar refractivity (Wildman–Crippen MR) is 146 cm³/mol. The van der Waals surface area contributed by atoms with E-state index in [0.29, 0.717) is 32.0 Å². The summed E-state index contributed by atoms with van der Waals surface area (Å²) >= 11 is 0. The van der Waals surface area contributed by atoms with Crippen LogP contribution in [0.2, 0.25) is 0 Å². The number of carbonyl (C=O) groups excluding carboxylic acids is 1. The molecule has 6 heteroatoms. The van der Waals surface area contributed by atoms with Crippen LogP contribution in [0.15, 0.2) is 0 Å². The number of unbranched alkanes of at least 4 members (excludes halogenated alkanes) is 12. The van der Waals surface area contributed by atoms with Crippen molar-refractivity contribution in [2.45, 2.75) is 154 Å². The molecule has 1 aliphatic carbocycles. The second kappa shape index (κ2) is 21.2. The number of hydrogen-bond donors (Lipinski definition) is 1. The van der Waals surface area contributed by atoms with E-state index < -0.39 is 5.92 Å². The Morgan fingerprint density at radius 1 is 0.833 bits per heavy atom. The number of alkyl halides is 2. The van der Waals surface area contributed by atoms with Gasteiger partial charge in [0.15, 0.2) is 0 Å². The number of carbonyl (C=O) groups is 1. The molecule has 0 aliphatic heterocycles. The van der Waals surface area contributed by atoms with E-state index in [0.717, 1.165) is 32.1 Å². The Kier molecular flexibility index (Phi) is 19.6. The Labute approximate surface area is 220 Å². The molecule has 1 aliphatic rings. The van der Waals surface area contributed by atoms with Crippen LogP contribution in [0.1, 0.15) is 142 Å². The van der Waals surface area contributed by atoms with Crippen LogP contribution in [0.25, 0.3) is 0 Å². The molecule has 0 heterocycles. The molecule has 0 unspecified atom stereocenters. The molecule has 1 saturated carbocycles. The summed E-state index contributed by atoms with van der Waals surface area (Å²) in [6.45, 7) is 6.19. The Balaban J connectivity index is 2.21. The zero-order valence-electron chi connectivity index (χ0n) is 23.6. The molecule has 0 aromatic heterocycles. The molecule has 0 saturated heterocycles. The lowest BCUT2D eigenvalue weighted by Crippen LogP contribution is -2.51. The maximum absolute atomic E-state index is 13.2. The van der Waals surface area contributed by atoms with Gasteiger partial charge in [-0.3, -0.25) is 9.69 Å². The second-order valence-corrected chi connectivity index (χ2v) is 11.2. The maximum atomic E-state index is 13.2. The number of halogens is 2.